The lowest BCUT2D eigenvalue weighted by molar-refractivity contribution is -0.185. The van der Waals surface area contributed by atoms with Crippen molar-refractivity contribution in [2.24, 2.45) is 5.92 Å². The normalized spacial score (nSPS) is 33.8. The Morgan fingerprint density at radius 1 is 1.37 bits per heavy atom. The summed E-state index contributed by atoms with van der Waals surface area (Å²) in [6.07, 6.45) is -3.21. The molecule has 19 heavy (non-hydrogen) atoms. The molecular formula is C12H19F3O4. The van der Waals surface area contributed by atoms with E-state index in [1.807, 2.05) is 0 Å². The third-order valence-electron chi connectivity index (χ3n) is 3.70. The largest absolute Gasteiger partial charge is 0.411 e. The summed E-state index contributed by atoms with van der Waals surface area (Å²) in [5.41, 5.74) is -0.353. The molecule has 0 aromatic carbocycles. The second-order valence-corrected chi connectivity index (χ2v) is 5.28. The summed E-state index contributed by atoms with van der Waals surface area (Å²) in [7, 11) is 0. The van der Waals surface area contributed by atoms with Crippen LogP contribution in [0.25, 0.3) is 0 Å². The lowest BCUT2D eigenvalue weighted by Crippen LogP contribution is -2.44. The third kappa shape index (κ3) is 4.30. The fraction of sp³-hybridized carbons (Fsp3) is 1.00. The van der Waals surface area contributed by atoms with Crippen LogP contribution >= 0.6 is 0 Å². The van der Waals surface area contributed by atoms with Crippen LogP contribution in [0.1, 0.15) is 19.3 Å². The summed E-state index contributed by atoms with van der Waals surface area (Å²) in [6.45, 7) is 0.0278. The van der Waals surface area contributed by atoms with Crippen molar-refractivity contribution in [3.63, 3.8) is 0 Å². The minimum absolute atomic E-state index is 0.0938. The molecule has 2 saturated heterocycles. The van der Waals surface area contributed by atoms with Crippen molar-refractivity contribution in [2.75, 3.05) is 33.0 Å². The second-order valence-electron chi connectivity index (χ2n) is 5.28. The average molecular weight is 284 g/mol. The van der Waals surface area contributed by atoms with Gasteiger partial charge in [0.1, 0.15) is 6.61 Å². The molecule has 1 N–H and O–H groups in total. The highest BCUT2D eigenvalue weighted by atomic mass is 19.4. The Morgan fingerprint density at radius 3 is 2.79 bits per heavy atom. The summed E-state index contributed by atoms with van der Waals surface area (Å²) in [4.78, 5) is 0. The molecule has 0 aromatic rings. The van der Waals surface area contributed by atoms with Crippen LogP contribution in [0.15, 0.2) is 0 Å². The van der Waals surface area contributed by atoms with Gasteiger partial charge >= 0.3 is 6.18 Å². The zero-order valence-electron chi connectivity index (χ0n) is 10.6. The topological polar surface area (TPSA) is 47.9 Å². The van der Waals surface area contributed by atoms with Crippen molar-refractivity contribution >= 4 is 0 Å². The third-order valence-corrected chi connectivity index (χ3v) is 3.70. The predicted molar refractivity (Wildman–Crippen MR) is 59.7 cm³/mol. The molecule has 4 nitrogen and oxygen atoms in total. The average Bonchev–Trinajstić information content (AvgIpc) is 2.75. The van der Waals surface area contributed by atoms with Crippen molar-refractivity contribution in [3.05, 3.63) is 0 Å². The molecule has 2 aliphatic rings. The van der Waals surface area contributed by atoms with E-state index in [0.29, 0.717) is 32.7 Å². The lowest BCUT2D eigenvalue weighted by Gasteiger charge is -2.38. The molecule has 2 fully saturated rings. The van der Waals surface area contributed by atoms with Crippen LogP contribution in [-0.2, 0) is 14.2 Å². The van der Waals surface area contributed by atoms with Crippen LogP contribution < -0.4 is 0 Å². The fourth-order valence-corrected chi connectivity index (χ4v) is 2.69. The SMILES string of the molecule is OC(COCC(F)(F)F)C1CCOC2(CCOC2)C1. The number of aliphatic hydroxyl groups is 1. The van der Waals surface area contributed by atoms with Crippen LogP contribution in [-0.4, -0.2) is 56.0 Å². The lowest BCUT2D eigenvalue weighted by atomic mass is 9.82. The van der Waals surface area contributed by atoms with Gasteiger partial charge in [0, 0.05) is 19.6 Å². The molecule has 0 radical (unpaired) electrons. The standard InChI is InChI=1S/C12H19F3O4/c13-12(14,15)8-18-6-10(16)9-1-3-19-11(5-9)2-4-17-7-11/h9-10,16H,1-8H2. The molecule has 7 heteroatoms. The van der Waals surface area contributed by atoms with Gasteiger partial charge in [-0.05, 0) is 18.8 Å². The molecule has 3 atom stereocenters. The quantitative estimate of drug-likeness (QED) is 0.850. The van der Waals surface area contributed by atoms with E-state index in [1.54, 1.807) is 0 Å². The Bertz CT molecular complexity index is 289. The first-order valence-corrected chi connectivity index (χ1v) is 6.44. The Kier molecular flexibility index (Phi) is 4.70. The van der Waals surface area contributed by atoms with Gasteiger partial charge in [0.15, 0.2) is 0 Å². The number of halogens is 3. The van der Waals surface area contributed by atoms with Crippen LogP contribution in [0.2, 0.25) is 0 Å². The summed E-state index contributed by atoms with van der Waals surface area (Å²) in [5.74, 6) is -0.0938. The monoisotopic (exact) mass is 284 g/mol. The van der Waals surface area contributed by atoms with Crippen molar-refractivity contribution < 1.29 is 32.5 Å². The van der Waals surface area contributed by atoms with Crippen LogP contribution in [0.3, 0.4) is 0 Å². The van der Waals surface area contributed by atoms with Gasteiger partial charge in [0.25, 0.3) is 0 Å². The van der Waals surface area contributed by atoms with Gasteiger partial charge in [-0.1, -0.05) is 0 Å². The van der Waals surface area contributed by atoms with Gasteiger partial charge in [0.05, 0.1) is 24.9 Å². The molecule has 2 rings (SSSR count). The van der Waals surface area contributed by atoms with Crippen LogP contribution in [0.4, 0.5) is 13.2 Å². The predicted octanol–water partition coefficient (Wildman–Crippen LogP) is 1.51. The summed E-state index contributed by atoms with van der Waals surface area (Å²) in [6, 6.07) is 0. The molecule has 1 spiro atoms. The highest BCUT2D eigenvalue weighted by Crippen LogP contribution is 2.37. The maximum atomic E-state index is 11.9. The molecule has 3 unspecified atom stereocenters. The molecule has 0 amide bonds. The molecular weight excluding hydrogens is 265 g/mol. The minimum atomic E-state index is -4.35. The molecule has 112 valence electrons. The van der Waals surface area contributed by atoms with Gasteiger partial charge in [-0.15, -0.1) is 0 Å². The van der Waals surface area contributed by atoms with Gasteiger partial charge in [0.2, 0.25) is 0 Å². The van der Waals surface area contributed by atoms with Crippen LogP contribution in [0, 0.1) is 5.92 Å². The van der Waals surface area contributed by atoms with E-state index in [0.717, 1.165) is 6.42 Å². The molecule has 0 saturated carbocycles. The van der Waals surface area contributed by atoms with E-state index < -0.39 is 18.9 Å². The second kappa shape index (κ2) is 5.95. The smallest absolute Gasteiger partial charge is 0.390 e. The Morgan fingerprint density at radius 2 is 2.16 bits per heavy atom. The molecule has 2 heterocycles. The first-order chi connectivity index (χ1) is 8.90. The van der Waals surface area contributed by atoms with Crippen molar-refractivity contribution in [3.8, 4) is 0 Å². The van der Waals surface area contributed by atoms with E-state index in [9.17, 15) is 18.3 Å². The van der Waals surface area contributed by atoms with E-state index in [4.69, 9.17) is 9.47 Å². The highest BCUT2D eigenvalue weighted by Gasteiger charge is 2.42. The zero-order chi connectivity index (χ0) is 13.9. The first kappa shape index (κ1) is 15.0. The van der Waals surface area contributed by atoms with Crippen molar-refractivity contribution in [1.29, 1.82) is 0 Å². The Hall–Kier alpha value is -0.370. The first-order valence-electron chi connectivity index (χ1n) is 6.44. The Labute approximate surface area is 109 Å². The maximum absolute atomic E-state index is 11.9. The number of rotatable bonds is 4. The fourth-order valence-electron chi connectivity index (χ4n) is 2.69. The van der Waals surface area contributed by atoms with E-state index in [1.165, 1.54) is 0 Å². The van der Waals surface area contributed by atoms with E-state index >= 15 is 0 Å². The molecule has 2 aliphatic heterocycles. The number of hydrogen-bond donors (Lipinski definition) is 1. The summed E-state index contributed by atoms with van der Waals surface area (Å²) < 4.78 is 51.4. The summed E-state index contributed by atoms with van der Waals surface area (Å²) >= 11 is 0. The van der Waals surface area contributed by atoms with E-state index in [-0.39, 0.29) is 18.1 Å². The Balaban J connectivity index is 1.77. The maximum Gasteiger partial charge on any atom is 0.411 e. The number of hydrogen-bond acceptors (Lipinski definition) is 4. The summed E-state index contributed by atoms with van der Waals surface area (Å²) in [5, 5.41) is 9.93. The molecule has 0 aliphatic carbocycles. The minimum Gasteiger partial charge on any atom is -0.390 e. The zero-order valence-corrected chi connectivity index (χ0v) is 10.6. The van der Waals surface area contributed by atoms with E-state index in [2.05, 4.69) is 4.74 Å². The van der Waals surface area contributed by atoms with Gasteiger partial charge < -0.3 is 19.3 Å². The van der Waals surface area contributed by atoms with Gasteiger partial charge in [-0.3, -0.25) is 0 Å². The molecule has 0 aromatic heterocycles. The number of aliphatic hydroxyl groups excluding tert-OH is 1. The van der Waals surface area contributed by atoms with Gasteiger partial charge in [-0.25, -0.2) is 0 Å². The highest BCUT2D eigenvalue weighted by molar-refractivity contribution is 4.92. The van der Waals surface area contributed by atoms with Gasteiger partial charge in [-0.2, -0.15) is 13.2 Å². The number of ether oxygens (including phenoxy) is 3. The number of alkyl halides is 3. The van der Waals surface area contributed by atoms with Crippen molar-refractivity contribution in [2.45, 2.75) is 37.1 Å². The van der Waals surface area contributed by atoms with Crippen molar-refractivity contribution in [1.82, 2.24) is 0 Å². The van der Waals surface area contributed by atoms with Crippen LogP contribution in [0.5, 0.6) is 0 Å². The molecule has 0 bridgehead atoms.